The quantitative estimate of drug-likeness (QED) is 0.714. The Morgan fingerprint density at radius 3 is 2.65 bits per heavy atom. The van der Waals surface area contributed by atoms with Crippen molar-refractivity contribution in [3.63, 3.8) is 0 Å². The van der Waals surface area contributed by atoms with Crippen molar-refractivity contribution >= 4 is 11.7 Å². The summed E-state index contributed by atoms with van der Waals surface area (Å²) in [4.78, 5) is 25.5. The van der Waals surface area contributed by atoms with Gasteiger partial charge >= 0.3 is 6.36 Å². The van der Waals surface area contributed by atoms with Crippen LogP contribution in [0.15, 0.2) is 18.5 Å². The van der Waals surface area contributed by atoms with E-state index < -0.39 is 12.1 Å². The number of pyridine rings is 1. The smallest absolute Gasteiger partial charge is 0.402 e. The summed E-state index contributed by atoms with van der Waals surface area (Å²) in [5.41, 5.74) is 6.55. The maximum absolute atomic E-state index is 12.8. The van der Waals surface area contributed by atoms with E-state index in [2.05, 4.69) is 24.1 Å². The number of nitrogen functional groups attached to an aromatic ring is 1. The highest BCUT2D eigenvalue weighted by molar-refractivity contribution is 5.79. The normalized spacial score (nSPS) is 29.4. The van der Waals surface area contributed by atoms with Gasteiger partial charge in [0.05, 0.1) is 17.8 Å². The lowest BCUT2D eigenvalue weighted by Crippen LogP contribution is -2.72. The average molecular weight is 477 g/mol. The van der Waals surface area contributed by atoms with Crippen LogP contribution in [-0.2, 0) is 10.3 Å². The van der Waals surface area contributed by atoms with Gasteiger partial charge in [-0.2, -0.15) is 0 Å². The number of aromatic nitrogens is 3. The Kier molecular flexibility index (Phi) is 4.68. The molecule has 2 N–H and O–H groups in total. The average Bonchev–Trinajstić information content (AvgIpc) is 3.50. The molecule has 3 atom stereocenters. The first-order valence-corrected chi connectivity index (χ1v) is 11.7. The molecule has 0 radical (unpaired) electrons. The maximum atomic E-state index is 12.8. The van der Waals surface area contributed by atoms with E-state index in [0.29, 0.717) is 29.6 Å². The summed E-state index contributed by atoms with van der Waals surface area (Å²) in [5.74, 6) is 1.08. The number of imidazole rings is 1. The number of hydrogen-bond donors (Lipinski definition) is 1. The van der Waals surface area contributed by atoms with Crippen molar-refractivity contribution in [3.05, 3.63) is 24.3 Å². The van der Waals surface area contributed by atoms with Crippen LogP contribution in [0.1, 0.15) is 43.8 Å². The second kappa shape index (κ2) is 7.34. The number of amides is 1. The number of fused-ring (bicyclic) bond motifs is 1. The molecule has 4 fully saturated rings. The van der Waals surface area contributed by atoms with Gasteiger partial charge in [-0.1, -0.05) is 0 Å². The molecule has 182 valence electrons. The highest BCUT2D eigenvalue weighted by atomic mass is 19.4. The number of likely N-dealkylation sites (N-methyl/N-ethyl adjacent to an activating group) is 1. The third kappa shape index (κ3) is 3.43. The Morgan fingerprint density at radius 2 is 2.03 bits per heavy atom. The van der Waals surface area contributed by atoms with Gasteiger partial charge in [0, 0.05) is 48.9 Å². The van der Waals surface area contributed by atoms with E-state index in [4.69, 9.17) is 10.7 Å². The van der Waals surface area contributed by atoms with E-state index in [0.717, 1.165) is 51.0 Å². The van der Waals surface area contributed by atoms with E-state index in [1.54, 1.807) is 0 Å². The molecule has 0 bridgehead atoms. The number of nitrogens with two attached hydrogens (primary N) is 1. The van der Waals surface area contributed by atoms with Crippen LogP contribution in [0.4, 0.5) is 19.0 Å². The van der Waals surface area contributed by atoms with Crippen molar-refractivity contribution in [1.29, 1.82) is 0 Å². The van der Waals surface area contributed by atoms with E-state index in [1.807, 2.05) is 13.2 Å². The molecule has 11 heteroatoms. The molecule has 3 heterocycles. The molecule has 2 aromatic heterocycles. The highest BCUT2D eigenvalue weighted by Crippen LogP contribution is 2.62. The molecule has 34 heavy (non-hydrogen) atoms. The molecule has 0 aromatic carbocycles. The number of halogens is 3. The lowest BCUT2D eigenvalue weighted by atomic mass is 9.49. The number of carbonyl (C=O) groups excluding carboxylic acids is 1. The van der Waals surface area contributed by atoms with Crippen LogP contribution in [0.2, 0.25) is 0 Å². The highest BCUT2D eigenvalue weighted by Gasteiger charge is 2.64. The van der Waals surface area contributed by atoms with Gasteiger partial charge < -0.3 is 19.9 Å². The lowest BCUT2D eigenvalue weighted by molar-refractivity contribution is -0.274. The summed E-state index contributed by atoms with van der Waals surface area (Å²) in [6, 6.07) is 1.50. The van der Waals surface area contributed by atoms with E-state index in [-0.39, 0.29) is 23.3 Å². The molecule has 4 aliphatic rings. The zero-order valence-electron chi connectivity index (χ0n) is 18.9. The van der Waals surface area contributed by atoms with Crippen molar-refractivity contribution in [2.24, 2.45) is 5.92 Å². The van der Waals surface area contributed by atoms with Crippen molar-refractivity contribution in [2.75, 3.05) is 32.4 Å². The van der Waals surface area contributed by atoms with Crippen LogP contribution >= 0.6 is 0 Å². The Labute approximate surface area is 194 Å². The SMILES string of the molecule is CN1CCN(C2CC3(n4cc(-c5cnc(N)c(OC(F)(F)F)c5)nc4C4CC4)CCC23)C(=O)C1. The molecule has 3 saturated carbocycles. The van der Waals surface area contributed by atoms with E-state index in [9.17, 15) is 18.0 Å². The molecular formula is C23H27F3N6O2. The molecule has 0 spiro atoms. The second-order valence-corrected chi connectivity index (χ2v) is 10.1. The number of carbonyl (C=O) groups is 1. The molecular weight excluding hydrogens is 449 g/mol. The van der Waals surface area contributed by atoms with Gasteiger partial charge in [0.2, 0.25) is 5.91 Å². The molecule has 3 unspecified atom stereocenters. The second-order valence-electron chi connectivity index (χ2n) is 10.1. The first kappa shape index (κ1) is 21.7. The summed E-state index contributed by atoms with van der Waals surface area (Å²) in [7, 11) is 1.97. The Bertz CT molecular complexity index is 1150. The first-order valence-electron chi connectivity index (χ1n) is 11.7. The molecule has 1 saturated heterocycles. The zero-order valence-corrected chi connectivity index (χ0v) is 18.9. The summed E-state index contributed by atoms with van der Waals surface area (Å²) in [6.07, 6.45) is 3.62. The molecule has 6 rings (SSSR count). The lowest BCUT2D eigenvalue weighted by Gasteiger charge is -2.66. The summed E-state index contributed by atoms with van der Waals surface area (Å²) < 4.78 is 44.7. The van der Waals surface area contributed by atoms with Crippen LogP contribution < -0.4 is 10.5 Å². The van der Waals surface area contributed by atoms with Crippen LogP contribution in [-0.4, -0.2) is 69.3 Å². The van der Waals surface area contributed by atoms with Gasteiger partial charge in [0.1, 0.15) is 5.82 Å². The molecule has 3 aliphatic carbocycles. The fourth-order valence-electron chi connectivity index (χ4n) is 5.99. The minimum absolute atomic E-state index is 0.0655. The summed E-state index contributed by atoms with van der Waals surface area (Å²) >= 11 is 0. The minimum Gasteiger partial charge on any atom is -0.402 e. The van der Waals surface area contributed by atoms with Crippen LogP contribution in [0.5, 0.6) is 5.75 Å². The number of alkyl halides is 3. The topological polar surface area (TPSA) is 89.5 Å². The third-order valence-corrected chi connectivity index (χ3v) is 8.01. The van der Waals surface area contributed by atoms with Crippen LogP contribution in [0.25, 0.3) is 11.3 Å². The number of anilines is 1. The minimum atomic E-state index is -4.85. The van der Waals surface area contributed by atoms with E-state index >= 15 is 0 Å². The molecule has 2 aromatic rings. The van der Waals surface area contributed by atoms with E-state index in [1.165, 1.54) is 12.3 Å². The summed E-state index contributed by atoms with van der Waals surface area (Å²) in [5, 5.41) is 0. The molecule has 1 amide bonds. The Balaban J connectivity index is 1.30. The fraction of sp³-hybridized carbons (Fsp3) is 0.609. The predicted molar refractivity (Wildman–Crippen MR) is 117 cm³/mol. The Morgan fingerprint density at radius 1 is 1.24 bits per heavy atom. The van der Waals surface area contributed by atoms with Crippen LogP contribution in [0.3, 0.4) is 0 Å². The third-order valence-electron chi connectivity index (χ3n) is 8.01. The largest absolute Gasteiger partial charge is 0.573 e. The first-order chi connectivity index (χ1) is 16.1. The fourth-order valence-corrected chi connectivity index (χ4v) is 5.99. The standard InChI is InChI=1S/C23H27F3N6O2/c1-30-6-7-31(19(33)12-30)17-9-22(5-4-15(17)22)32-11-16(29-21(32)13-2-3-13)14-8-18(20(27)28-10-14)34-23(24,25)26/h8,10-11,13,15,17H,2-7,9,12H2,1H3,(H2,27,28). The number of nitrogens with zero attached hydrogens (tertiary/aromatic N) is 5. The summed E-state index contributed by atoms with van der Waals surface area (Å²) in [6.45, 7) is 2.11. The van der Waals surface area contributed by atoms with Crippen molar-refractivity contribution in [2.45, 2.75) is 56.0 Å². The number of hydrogen-bond acceptors (Lipinski definition) is 6. The van der Waals surface area contributed by atoms with Crippen LogP contribution in [0, 0.1) is 5.92 Å². The van der Waals surface area contributed by atoms with Gasteiger partial charge in [-0.25, -0.2) is 9.97 Å². The number of rotatable bonds is 5. The van der Waals surface area contributed by atoms with Gasteiger partial charge in [0.25, 0.3) is 0 Å². The van der Waals surface area contributed by atoms with Gasteiger partial charge in [-0.15, -0.1) is 13.2 Å². The zero-order chi connectivity index (χ0) is 23.8. The van der Waals surface area contributed by atoms with Crippen molar-refractivity contribution in [1.82, 2.24) is 24.3 Å². The van der Waals surface area contributed by atoms with Crippen molar-refractivity contribution < 1.29 is 22.7 Å². The number of piperazine rings is 1. The molecule has 8 nitrogen and oxygen atoms in total. The Hall–Kier alpha value is -2.82. The van der Waals surface area contributed by atoms with Gasteiger partial charge in [-0.05, 0) is 45.2 Å². The van der Waals surface area contributed by atoms with Crippen molar-refractivity contribution in [3.8, 4) is 17.0 Å². The van der Waals surface area contributed by atoms with Gasteiger partial charge in [-0.3, -0.25) is 9.69 Å². The molecule has 1 aliphatic heterocycles. The van der Waals surface area contributed by atoms with Gasteiger partial charge in [0.15, 0.2) is 11.6 Å². The maximum Gasteiger partial charge on any atom is 0.573 e. The number of ether oxygens (including phenoxy) is 1. The predicted octanol–water partition coefficient (Wildman–Crippen LogP) is 2.95. The monoisotopic (exact) mass is 476 g/mol.